The van der Waals surface area contributed by atoms with Crippen molar-refractivity contribution in [2.45, 2.75) is 51.4 Å². The molecular formula is C17H21NO. The van der Waals surface area contributed by atoms with Crippen molar-refractivity contribution in [1.29, 1.82) is 5.26 Å². The SMILES string of the molecule is Cc1cccc(C(C#N)C(=O)CCC2CCCC2)c1. The van der Waals surface area contributed by atoms with Crippen molar-refractivity contribution >= 4 is 5.78 Å². The van der Waals surface area contributed by atoms with Crippen LogP contribution in [0.1, 0.15) is 55.6 Å². The largest absolute Gasteiger partial charge is 0.298 e. The Morgan fingerprint density at radius 3 is 2.79 bits per heavy atom. The molecular weight excluding hydrogens is 234 g/mol. The first kappa shape index (κ1) is 13.8. The smallest absolute Gasteiger partial charge is 0.154 e. The van der Waals surface area contributed by atoms with Gasteiger partial charge in [-0.25, -0.2) is 0 Å². The topological polar surface area (TPSA) is 40.9 Å². The lowest BCUT2D eigenvalue weighted by molar-refractivity contribution is -0.119. The first-order chi connectivity index (χ1) is 9.20. The second-order valence-electron chi connectivity index (χ2n) is 5.63. The third-order valence-electron chi connectivity index (χ3n) is 4.10. The molecule has 0 amide bonds. The standard InChI is InChI=1S/C17H21NO/c1-13-5-4-8-15(11-13)16(12-18)17(19)10-9-14-6-2-3-7-14/h4-5,8,11,14,16H,2-3,6-7,9-10H2,1H3. The van der Waals surface area contributed by atoms with Crippen LogP contribution in [0, 0.1) is 24.2 Å². The van der Waals surface area contributed by atoms with Gasteiger partial charge in [-0.1, -0.05) is 55.5 Å². The highest BCUT2D eigenvalue weighted by atomic mass is 16.1. The first-order valence-electron chi connectivity index (χ1n) is 7.19. The molecule has 2 nitrogen and oxygen atoms in total. The Labute approximate surface area is 115 Å². The molecule has 0 radical (unpaired) electrons. The molecule has 1 aromatic carbocycles. The molecule has 1 unspecified atom stereocenters. The molecule has 0 bridgehead atoms. The summed E-state index contributed by atoms with van der Waals surface area (Å²) in [6, 6.07) is 9.90. The maximum absolute atomic E-state index is 12.2. The summed E-state index contributed by atoms with van der Waals surface area (Å²) in [6.45, 7) is 1.99. The average molecular weight is 255 g/mol. The van der Waals surface area contributed by atoms with Gasteiger partial charge in [0.1, 0.15) is 5.92 Å². The molecule has 0 heterocycles. The molecule has 2 rings (SSSR count). The fraction of sp³-hybridized carbons (Fsp3) is 0.529. The van der Waals surface area contributed by atoms with E-state index in [9.17, 15) is 10.1 Å². The molecule has 100 valence electrons. The van der Waals surface area contributed by atoms with Crippen LogP contribution in [0.3, 0.4) is 0 Å². The maximum atomic E-state index is 12.2. The summed E-state index contributed by atoms with van der Waals surface area (Å²) in [6.07, 6.45) is 6.64. The predicted molar refractivity (Wildman–Crippen MR) is 75.7 cm³/mol. The number of carbonyl (C=O) groups is 1. The second kappa shape index (κ2) is 6.52. The number of hydrogen-bond acceptors (Lipinski definition) is 2. The lowest BCUT2D eigenvalue weighted by Gasteiger charge is -2.12. The number of nitriles is 1. The number of rotatable bonds is 5. The summed E-state index contributed by atoms with van der Waals surface area (Å²) >= 11 is 0. The van der Waals surface area contributed by atoms with E-state index in [0.717, 1.165) is 17.5 Å². The lowest BCUT2D eigenvalue weighted by atomic mass is 9.90. The minimum Gasteiger partial charge on any atom is -0.298 e. The first-order valence-corrected chi connectivity index (χ1v) is 7.19. The van der Waals surface area contributed by atoms with Crippen LogP contribution in [0.25, 0.3) is 0 Å². The number of Topliss-reactive ketones (excluding diaryl/α,β-unsaturated/α-hetero) is 1. The zero-order chi connectivity index (χ0) is 13.7. The number of nitrogens with zero attached hydrogens (tertiary/aromatic N) is 1. The summed E-state index contributed by atoms with van der Waals surface area (Å²) in [7, 11) is 0. The molecule has 2 heteroatoms. The van der Waals surface area contributed by atoms with Gasteiger partial charge in [0.15, 0.2) is 5.78 Å². The Kier molecular flexibility index (Phi) is 4.74. The zero-order valence-electron chi connectivity index (χ0n) is 11.6. The predicted octanol–water partition coefficient (Wildman–Crippen LogP) is 4.14. The number of hydrogen-bond donors (Lipinski definition) is 0. The molecule has 0 aromatic heterocycles. The number of ketones is 1. The van der Waals surface area contributed by atoms with Crippen molar-refractivity contribution < 1.29 is 4.79 Å². The van der Waals surface area contributed by atoms with E-state index < -0.39 is 5.92 Å². The molecule has 1 saturated carbocycles. The van der Waals surface area contributed by atoms with Gasteiger partial charge in [0.2, 0.25) is 0 Å². The molecule has 1 atom stereocenters. The molecule has 1 aliphatic rings. The van der Waals surface area contributed by atoms with E-state index in [-0.39, 0.29) is 5.78 Å². The summed E-state index contributed by atoms with van der Waals surface area (Å²) < 4.78 is 0. The summed E-state index contributed by atoms with van der Waals surface area (Å²) in [4.78, 5) is 12.2. The molecule has 1 aliphatic carbocycles. The second-order valence-corrected chi connectivity index (χ2v) is 5.63. The molecule has 19 heavy (non-hydrogen) atoms. The van der Waals surface area contributed by atoms with Crippen LogP contribution < -0.4 is 0 Å². The van der Waals surface area contributed by atoms with Crippen molar-refractivity contribution in [3.63, 3.8) is 0 Å². The lowest BCUT2D eigenvalue weighted by Crippen LogP contribution is -2.12. The summed E-state index contributed by atoms with van der Waals surface area (Å²) in [5.74, 6) is 0.210. The molecule has 0 aliphatic heterocycles. The van der Waals surface area contributed by atoms with Crippen molar-refractivity contribution in [3.05, 3.63) is 35.4 Å². The van der Waals surface area contributed by atoms with Crippen molar-refractivity contribution in [3.8, 4) is 6.07 Å². The van der Waals surface area contributed by atoms with Crippen LogP contribution in [0.5, 0.6) is 0 Å². The minimum absolute atomic E-state index is 0.0833. The van der Waals surface area contributed by atoms with E-state index in [4.69, 9.17) is 0 Å². The monoisotopic (exact) mass is 255 g/mol. The third-order valence-corrected chi connectivity index (χ3v) is 4.10. The molecule has 1 aromatic rings. The Bertz CT molecular complexity index is 480. The Morgan fingerprint density at radius 2 is 2.16 bits per heavy atom. The van der Waals surface area contributed by atoms with Crippen LogP contribution in [0.4, 0.5) is 0 Å². The van der Waals surface area contributed by atoms with Crippen molar-refractivity contribution in [2.75, 3.05) is 0 Å². The van der Waals surface area contributed by atoms with E-state index in [1.165, 1.54) is 25.7 Å². The highest BCUT2D eigenvalue weighted by Gasteiger charge is 2.22. The van der Waals surface area contributed by atoms with Crippen LogP contribution in [-0.2, 0) is 4.79 Å². The Balaban J connectivity index is 1.97. The molecule has 0 N–H and O–H groups in total. The Hall–Kier alpha value is -1.62. The maximum Gasteiger partial charge on any atom is 0.154 e. The minimum atomic E-state index is -0.582. The van der Waals surface area contributed by atoms with E-state index in [2.05, 4.69) is 6.07 Å². The van der Waals surface area contributed by atoms with Gasteiger partial charge in [0.25, 0.3) is 0 Å². The van der Waals surface area contributed by atoms with Crippen LogP contribution in [-0.4, -0.2) is 5.78 Å². The summed E-state index contributed by atoms with van der Waals surface area (Å²) in [5.41, 5.74) is 1.94. The zero-order valence-corrected chi connectivity index (χ0v) is 11.6. The van der Waals surface area contributed by atoms with Crippen LogP contribution in [0.2, 0.25) is 0 Å². The van der Waals surface area contributed by atoms with E-state index in [1.807, 2.05) is 31.2 Å². The van der Waals surface area contributed by atoms with E-state index in [1.54, 1.807) is 0 Å². The highest BCUT2D eigenvalue weighted by Crippen LogP contribution is 2.30. The average Bonchev–Trinajstić information content (AvgIpc) is 2.90. The fourth-order valence-corrected chi connectivity index (χ4v) is 2.97. The van der Waals surface area contributed by atoms with Crippen LogP contribution in [0.15, 0.2) is 24.3 Å². The third kappa shape index (κ3) is 3.67. The quantitative estimate of drug-likeness (QED) is 0.793. The number of benzene rings is 1. The normalized spacial score (nSPS) is 17.1. The van der Waals surface area contributed by atoms with Crippen molar-refractivity contribution in [1.82, 2.24) is 0 Å². The molecule has 0 saturated heterocycles. The van der Waals surface area contributed by atoms with Gasteiger partial charge in [-0.05, 0) is 24.8 Å². The Morgan fingerprint density at radius 1 is 1.42 bits per heavy atom. The van der Waals surface area contributed by atoms with Gasteiger partial charge in [0, 0.05) is 6.42 Å². The van der Waals surface area contributed by atoms with Gasteiger partial charge >= 0.3 is 0 Å². The van der Waals surface area contributed by atoms with Gasteiger partial charge in [0.05, 0.1) is 6.07 Å². The van der Waals surface area contributed by atoms with Gasteiger partial charge in [-0.2, -0.15) is 5.26 Å². The number of carbonyl (C=O) groups excluding carboxylic acids is 1. The highest BCUT2D eigenvalue weighted by molar-refractivity contribution is 5.88. The summed E-state index contributed by atoms with van der Waals surface area (Å²) in [5, 5.41) is 9.26. The van der Waals surface area contributed by atoms with Crippen LogP contribution >= 0.6 is 0 Å². The van der Waals surface area contributed by atoms with E-state index >= 15 is 0 Å². The van der Waals surface area contributed by atoms with E-state index in [0.29, 0.717) is 12.3 Å². The fourth-order valence-electron chi connectivity index (χ4n) is 2.97. The molecule has 1 fully saturated rings. The number of aryl methyl sites for hydroxylation is 1. The molecule has 0 spiro atoms. The van der Waals surface area contributed by atoms with Crippen molar-refractivity contribution in [2.24, 2.45) is 5.92 Å². The van der Waals surface area contributed by atoms with Gasteiger partial charge in [-0.3, -0.25) is 4.79 Å². The van der Waals surface area contributed by atoms with Gasteiger partial charge in [-0.15, -0.1) is 0 Å². The van der Waals surface area contributed by atoms with Gasteiger partial charge < -0.3 is 0 Å².